The fraction of sp³-hybridized carbons (Fsp3) is 0.846. The van der Waals surface area contributed by atoms with Gasteiger partial charge >= 0.3 is 0 Å². The molecule has 116 valence electrons. The van der Waals surface area contributed by atoms with E-state index in [2.05, 4.69) is 26.7 Å². The van der Waals surface area contributed by atoms with Crippen molar-refractivity contribution in [1.29, 1.82) is 0 Å². The number of nitrogens with zero attached hydrogens (tertiary/aromatic N) is 3. The fourth-order valence-electron chi connectivity index (χ4n) is 1.82. The van der Waals surface area contributed by atoms with Gasteiger partial charge in [0.1, 0.15) is 10.7 Å². The topological polar surface area (TPSA) is 59.5 Å². The SMILES string of the molecule is CCCNc1snnc1CN(CCCOC)CCOC. The highest BCUT2D eigenvalue weighted by Crippen LogP contribution is 2.19. The van der Waals surface area contributed by atoms with Crippen molar-refractivity contribution in [1.82, 2.24) is 14.5 Å². The van der Waals surface area contributed by atoms with Crippen LogP contribution in [0.25, 0.3) is 0 Å². The predicted molar refractivity (Wildman–Crippen MR) is 82.3 cm³/mol. The highest BCUT2D eigenvalue weighted by atomic mass is 32.1. The van der Waals surface area contributed by atoms with E-state index in [1.165, 1.54) is 11.5 Å². The molecule has 1 rings (SSSR count). The van der Waals surface area contributed by atoms with E-state index in [1.54, 1.807) is 14.2 Å². The molecule has 0 aliphatic heterocycles. The van der Waals surface area contributed by atoms with Crippen molar-refractivity contribution in [3.8, 4) is 0 Å². The Morgan fingerprint density at radius 2 is 2.00 bits per heavy atom. The molecular weight excluding hydrogens is 276 g/mol. The van der Waals surface area contributed by atoms with Crippen molar-refractivity contribution in [2.75, 3.05) is 52.4 Å². The highest BCUT2D eigenvalue weighted by molar-refractivity contribution is 7.10. The van der Waals surface area contributed by atoms with Crippen LogP contribution in [0.15, 0.2) is 0 Å². The molecule has 0 aromatic carbocycles. The van der Waals surface area contributed by atoms with Crippen LogP contribution < -0.4 is 5.32 Å². The number of aromatic nitrogens is 2. The molecule has 0 amide bonds. The van der Waals surface area contributed by atoms with Crippen molar-refractivity contribution < 1.29 is 9.47 Å². The van der Waals surface area contributed by atoms with Gasteiger partial charge in [0.2, 0.25) is 0 Å². The molecule has 0 saturated carbocycles. The Morgan fingerprint density at radius 1 is 1.20 bits per heavy atom. The van der Waals surface area contributed by atoms with E-state index in [0.717, 1.165) is 62.9 Å². The van der Waals surface area contributed by atoms with Gasteiger partial charge in [-0.2, -0.15) is 0 Å². The molecule has 6 nitrogen and oxygen atoms in total. The monoisotopic (exact) mass is 302 g/mol. The third kappa shape index (κ3) is 6.60. The van der Waals surface area contributed by atoms with Crippen LogP contribution in [0.1, 0.15) is 25.5 Å². The first kappa shape index (κ1) is 17.3. The molecule has 7 heteroatoms. The van der Waals surface area contributed by atoms with Crippen LogP contribution in [-0.4, -0.2) is 61.6 Å². The maximum Gasteiger partial charge on any atom is 0.134 e. The quantitative estimate of drug-likeness (QED) is 0.595. The number of hydrogen-bond acceptors (Lipinski definition) is 7. The standard InChI is InChI=1S/C13H26N4O2S/c1-4-6-14-13-12(15-16-20-13)11-17(8-10-19-3)7-5-9-18-2/h14H,4-11H2,1-3H3. The Bertz CT molecular complexity index is 349. The Morgan fingerprint density at radius 3 is 2.70 bits per heavy atom. The second-order valence-corrected chi connectivity index (χ2v) is 5.34. The van der Waals surface area contributed by atoms with Gasteiger partial charge in [0.05, 0.1) is 6.61 Å². The smallest absolute Gasteiger partial charge is 0.134 e. The first-order valence-electron chi connectivity index (χ1n) is 7.07. The van der Waals surface area contributed by atoms with Gasteiger partial charge in [0, 0.05) is 58.5 Å². The number of anilines is 1. The third-order valence-electron chi connectivity index (χ3n) is 2.90. The zero-order valence-electron chi connectivity index (χ0n) is 12.7. The van der Waals surface area contributed by atoms with Gasteiger partial charge in [-0.05, 0) is 12.8 Å². The third-order valence-corrected chi connectivity index (χ3v) is 3.62. The van der Waals surface area contributed by atoms with Crippen LogP contribution >= 0.6 is 11.5 Å². The number of ether oxygens (including phenoxy) is 2. The van der Waals surface area contributed by atoms with Crippen molar-refractivity contribution >= 4 is 16.5 Å². The summed E-state index contributed by atoms with van der Waals surface area (Å²) in [6.45, 7) is 7.28. The van der Waals surface area contributed by atoms with E-state index in [4.69, 9.17) is 9.47 Å². The van der Waals surface area contributed by atoms with Crippen LogP contribution in [-0.2, 0) is 16.0 Å². The molecular formula is C13H26N4O2S. The fourth-order valence-corrected chi connectivity index (χ4v) is 2.42. The zero-order chi connectivity index (χ0) is 14.6. The molecule has 0 bridgehead atoms. The molecule has 0 aliphatic carbocycles. The highest BCUT2D eigenvalue weighted by Gasteiger charge is 2.12. The minimum Gasteiger partial charge on any atom is -0.385 e. The van der Waals surface area contributed by atoms with Crippen LogP contribution in [0, 0.1) is 0 Å². The van der Waals surface area contributed by atoms with Gasteiger partial charge < -0.3 is 14.8 Å². The average Bonchev–Trinajstić information content (AvgIpc) is 2.89. The van der Waals surface area contributed by atoms with E-state index in [-0.39, 0.29) is 0 Å². The summed E-state index contributed by atoms with van der Waals surface area (Å²) in [5.74, 6) is 0. The lowest BCUT2D eigenvalue weighted by molar-refractivity contribution is 0.128. The maximum absolute atomic E-state index is 5.17. The number of methoxy groups -OCH3 is 2. The Labute approximate surface area is 125 Å². The molecule has 0 radical (unpaired) electrons. The van der Waals surface area contributed by atoms with Crippen molar-refractivity contribution in [2.45, 2.75) is 26.3 Å². The second-order valence-electron chi connectivity index (χ2n) is 4.59. The first-order chi connectivity index (χ1) is 9.81. The van der Waals surface area contributed by atoms with E-state index < -0.39 is 0 Å². The molecule has 20 heavy (non-hydrogen) atoms. The first-order valence-corrected chi connectivity index (χ1v) is 7.84. The summed E-state index contributed by atoms with van der Waals surface area (Å²) < 4.78 is 14.3. The molecule has 1 aromatic heterocycles. The van der Waals surface area contributed by atoms with Crippen LogP contribution in [0.4, 0.5) is 5.00 Å². The molecule has 0 atom stereocenters. The van der Waals surface area contributed by atoms with Gasteiger partial charge in [-0.3, -0.25) is 4.90 Å². The van der Waals surface area contributed by atoms with Gasteiger partial charge in [0.25, 0.3) is 0 Å². The normalized spacial score (nSPS) is 11.2. The molecule has 1 aromatic rings. The Balaban J connectivity index is 2.51. The predicted octanol–water partition coefficient (Wildman–Crippen LogP) is 1.84. The lowest BCUT2D eigenvalue weighted by atomic mass is 10.3. The molecule has 0 aliphatic rings. The summed E-state index contributed by atoms with van der Waals surface area (Å²) in [4.78, 5) is 2.33. The Kier molecular flexibility index (Phi) is 9.48. The summed E-state index contributed by atoms with van der Waals surface area (Å²) in [5.41, 5.74) is 1.02. The van der Waals surface area contributed by atoms with E-state index in [1.807, 2.05) is 0 Å². The van der Waals surface area contributed by atoms with E-state index >= 15 is 0 Å². The van der Waals surface area contributed by atoms with Crippen LogP contribution in [0.5, 0.6) is 0 Å². The number of nitrogens with one attached hydrogen (secondary N) is 1. The van der Waals surface area contributed by atoms with Gasteiger partial charge in [-0.25, -0.2) is 0 Å². The average molecular weight is 302 g/mol. The largest absolute Gasteiger partial charge is 0.385 e. The molecule has 0 saturated heterocycles. The van der Waals surface area contributed by atoms with Crippen LogP contribution in [0.2, 0.25) is 0 Å². The maximum atomic E-state index is 5.17. The second kappa shape index (κ2) is 11.0. The summed E-state index contributed by atoms with van der Waals surface area (Å²) in [5, 5.41) is 8.70. The molecule has 1 heterocycles. The van der Waals surface area contributed by atoms with E-state index in [0.29, 0.717) is 0 Å². The van der Waals surface area contributed by atoms with Crippen molar-refractivity contribution in [3.63, 3.8) is 0 Å². The molecule has 0 fully saturated rings. The molecule has 0 spiro atoms. The lowest BCUT2D eigenvalue weighted by Crippen LogP contribution is -2.29. The lowest BCUT2D eigenvalue weighted by Gasteiger charge is -2.21. The minimum atomic E-state index is 0.724. The molecule has 0 unspecified atom stereocenters. The number of rotatable bonds is 12. The summed E-state index contributed by atoms with van der Waals surface area (Å²) in [7, 11) is 3.46. The van der Waals surface area contributed by atoms with E-state index in [9.17, 15) is 0 Å². The summed E-state index contributed by atoms with van der Waals surface area (Å²) >= 11 is 1.43. The number of hydrogen-bond donors (Lipinski definition) is 1. The van der Waals surface area contributed by atoms with Gasteiger partial charge in [-0.1, -0.05) is 11.4 Å². The summed E-state index contributed by atoms with van der Waals surface area (Å²) in [6.07, 6.45) is 2.11. The zero-order valence-corrected chi connectivity index (χ0v) is 13.5. The van der Waals surface area contributed by atoms with Gasteiger partial charge in [0.15, 0.2) is 0 Å². The Hall–Kier alpha value is -0.760. The van der Waals surface area contributed by atoms with Gasteiger partial charge in [-0.15, -0.1) is 5.10 Å². The van der Waals surface area contributed by atoms with Crippen molar-refractivity contribution in [3.05, 3.63) is 5.69 Å². The van der Waals surface area contributed by atoms with Crippen LogP contribution in [0.3, 0.4) is 0 Å². The molecule has 1 N–H and O–H groups in total. The minimum absolute atomic E-state index is 0.724. The summed E-state index contributed by atoms with van der Waals surface area (Å²) in [6, 6.07) is 0. The van der Waals surface area contributed by atoms with Crippen molar-refractivity contribution in [2.24, 2.45) is 0 Å².